The van der Waals surface area contributed by atoms with Gasteiger partial charge >= 0.3 is 0 Å². The maximum atomic E-state index is 4.44. The van der Waals surface area contributed by atoms with Crippen molar-refractivity contribution in [3.63, 3.8) is 0 Å². The fourth-order valence-electron chi connectivity index (χ4n) is 3.13. The van der Waals surface area contributed by atoms with Gasteiger partial charge in [0.1, 0.15) is 11.5 Å². The Morgan fingerprint density at radius 2 is 1.64 bits per heavy atom. The monoisotopic (exact) mass is 334 g/mol. The van der Waals surface area contributed by atoms with Crippen LogP contribution in [0.25, 0.3) is 11.3 Å². The molecule has 0 atom stereocenters. The average Bonchev–Trinajstić information content (AvgIpc) is 3.17. The van der Waals surface area contributed by atoms with Gasteiger partial charge in [0.2, 0.25) is 0 Å². The Kier molecular flexibility index (Phi) is 4.70. The van der Waals surface area contributed by atoms with Crippen LogP contribution < -0.4 is 4.90 Å². The largest absolute Gasteiger partial charge is 0.354 e. The van der Waals surface area contributed by atoms with Crippen LogP contribution in [0.2, 0.25) is 0 Å². The first-order chi connectivity index (χ1) is 12.4. The lowest BCUT2D eigenvalue weighted by molar-refractivity contribution is 0.243. The van der Waals surface area contributed by atoms with Gasteiger partial charge < -0.3 is 4.90 Å². The lowest BCUT2D eigenvalue weighted by Crippen LogP contribution is -2.47. The highest BCUT2D eigenvalue weighted by Gasteiger charge is 2.17. The Morgan fingerprint density at radius 3 is 2.40 bits per heavy atom. The van der Waals surface area contributed by atoms with Crippen molar-refractivity contribution in [3.8, 4) is 11.3 Å². The fraction of sp³-hybridized carbons (Fsp3) is 0.316. The van der Waals surface area contributed by atoms with Crippen LogP contribution in [0.4, 0.5) is 5.82 Å². The molecule has 0 amide bonds. The molecule has 1 aliphatic rings. The van der Waals surface area contributed by atoms with E-state index in [9.17, 15) is 0 Å². The summed E-state index contributed by atoms with van der Waals surface area (Å²) in [5.41, 5.74) is 2.04. The molecule has 0 bridgehead atoms. The minimum Gasteiger partial charge on any atom is -0.354 e. The summed E-state index contributed by atoms with van der Waals surface area (Å²) in [5.74, 6) is 1.07. The van der Waals surface area contributed by atoms with Crippen molar-refractivity contribution in [1.82, 2.24) is 24.9 Å². The van der Waals surface area contributed by atoms with E-state index in [0.29, 0.717) is 0 Å². The standard InChI is InChI=1S/C19H22N6/c1-2-6-17(7-3-1)18-16-25(22-21-18)15-12-23-10-13-24(14-11-23)19-8-4-5-9-20-19/h1-9,16H,10-15H2. The second-order valence-electron chi connectivity index (χ2n) is 6.25. The zero-order chi connectivity index (χ0) is 16.9. The van der Waals surface area contributed by atoms with Crippen LogP contribution in [-0.4, -0.2) is 57.6 Å². The zero-order valence-corrected chi connectivity index (χ0v) is 14.2. The van der Waals surface area contributed by atoms with Crippen molar-refractivity contribution in [2.45, 2.75) is 6.54 Å². The SMILES string of the molecule is c1ccc(-c2cn(CCN3CCN(c4ccccn4)CC3)nn2)cc1. The molecule has 3 aromatic rings. The molecule has 0 aliphatic carbocycles. The van der Waals surface area contributed by atoms with Gasteiger partial charge in [-0.1, -0.05) is 41.6 Å². The number of rotatable bonds is 5. The first-order valence-corrected chi connectivity index (χ1v) is 8.72. The van der Waals surface area contributed by atoms with Gasteiger partial charge in [0.05, 0.1) is 12.7 Å². The van der Waals surface area contributed by atoms with Crippen LogP contribution in [-0.2, 0) is 6.54 Å². The van der Waals surface area contributed by atoms with Gasteiger partial charge in [0.15, 0.2) is 0 Å². The van der Waals surface area contributed by atoms with Gasteiger partial charge in [0.25, 0.3) is 0 Å². The van der Waals surface area contributed by atoms with Crippen molar-refractivity contribution >= 4 is 5.82 Å². The number of piperazine rings is 1. The summed E-state index contributed by atoms with van der Waals surface area (Å²) in [5, 5.41) is 8.54. The van der Waals surface area contributed by atoms with Crippen LogP contribution in [0, 0.1) is 0 Å². The molecule has 3 heterocycles. The normalized spacial score (nSPS) is 15.4. The lowest BCUT2D eigenvalue weighted by Gasteiger charge is -2.35. The summed E-state index contributed by atoms with van der Waals surface area (Å²) >= 11 is 0. The quantitative estimate of drug-likeness (QED) is 0.716. The minimum absolute atomic E-state index is 0.865. The molecule has 0 saturated carbocycles. The van der Waals surface area contributed by atoms with Crippen LogP contribution in [0.3, 0.4) is 0 Å². The number of benzene rings is 1. The van der Waals surface area contributed by atoms with E-state index in [1.54, 1.807) is 0 Å². The summed E-state index contributed by atoms with van der Waals surface area (Å²) < 4.78 is 1.94. The molecule has 6 nitrogen and oxygen atoms in total. The second-order valence-corrected chi connectivity index (χ2v) is 6.25. The molecule has 128 valence electrons. The smallest absolute Gasteiger partial charge is 0.128 e. The molecular formula is C19H22N6. The van der Waals surface area contributed by atoms with Gasteiger partial charge in [-0.3, -0.25) is 9.58 Å². The van der Waals surface area contributed by atoms with E-state index in [2.05, 4.69) is 43.3 Å². The predicted molar refractivity (Wildman–Crippen MR) is 98.3 cm³/mol. The van der Waals surface area contributed by atoms with Crippen molar-refractivity contribution < 1.29 is 0 Å². The van der Waals surface area contributed by atoms with Gasteiger partial charge in [0, 0.05) is 44.5 Å². The van der Waals surface area contributed by atoms with E-state index in [1.165, 1.54) is 0 Å². The number of hydrogen-bond acceptors (Lipinski definition) is 5. The maximum Gasteiger partial charge on any atom is 0.128 e. The molecule has 25 heavy (non-hydrogen) atoms. The van der Waals surface area contributed by atoms with E-state index >= 15 is 0 Å². The Bertz CT molecular complexity index is 778. The van der Waals surface area contributed by atoms with Gasteiger partial charge in [-0.05, 0) is 12.1 Å². The highest BCUT2D eigenvalue weighted by atomic mass is 15.4. The summed E-state index contributed by atoms with van der Waals surface area (Å²) in [6.07, 6.45) is 3.89. The van der Waals surface area contributed by atoms with Crippen molar-refractivity contribution in [3.05, 3.63) is 60.9 Å². The third kappa shape index (κ3) is 3.85. The molecule has 1 fully saturated rings. The molecule has 1 saturated heterocycles. The highest BCUT2D eigenvalue weighted by molar-refractivity contribution is 5.57. The topological polar surface area (TPSA) is 50.1 Å². The number of anilines is 1. The van der Waals surface area contributed by atoms with E-state index in [-0.39, 0.29) is 0 Å². The molecular weight excluding hydrogens is 312 g/mol. The lowest BCUT2D eigenvalue weighted by atomic mass is 10.2. The third-order valence-corrected chi connectivity index (χ3v) is 4.60. The maximum absolute atomic E-state index is 4.44. The predicted octanol–water partition coefficient (Wildman–Crippen LogP) is 2.16. The first kappa shape index (κ1) is 15.8. The van der Waals surface area contributed by atoms with Crippen molar-refractivity contribution in [1.29, 1.82) is 0 Å². The minimum atomic E-state index is 0.865. The number of pyridine rings is 1. The van der Waals surface area contributed by atoms with Crippen molar-refractivity contribution in [2.75, 3.05) is 37.6 Å². The summed E-state index contributed by atoms with van der Waals surface area (Å²) in [4.78, 5) is 9.26. The molecule has 4 rings (SSSR count). The van der Waals surface area contributed by atoms with Crippen molar-refractivity contribution in [2.24, 2.45) is 0 Å². The number of aromatic nitrogens is 4. The Morgan fingerprint density at radius 1 is 0.840 bits per heavy atom. The number of hydrogen-bond donors (Lipinski definition) is 0. The zero-order valence-electron chi connectivity index (χ0n) is 14.2. The molecule has 0 N–H and O–H groups in total. The molecule has 0 radical (unpaired) electrons. The molecule has 0 spiro atoms. The van der Waals surface area contributed by atoms with Gasteiger partial charge in [-0.15, -0.1) is 5.10 Å². The van der Waals surface area contributed by atoms with Gasteiger partial charge in [-0.2, -0.15) is 0 Å². The number of nitrogens with zero attached hydrogens (tertiary/aromatic N) is 6. The average molecular weight is 334 g/mol. The molecule has 2 aromatic heterocycles. The summed E-state index contributed by atoms with van der Waals surface area (Å²) in [7, 11) is 0. The molecule has 6 heteroatoms. The van der Waals surface area contributed by atoms with Crippen LogP contribution >= 0.6 is 0 Å². The molecule has 0 unspecified atom stereocenters. The highest BCUT2D eigenvalue weighted by Crippen LogP contribution is 2.15. The van der Waals surface area contributed by atoms with Crippen LogP contribution in [0.5, 0.6) is 0 Å². The Balaban J connectivity index is 1.28. The van der Waals surface area contributed by atoms with E-state index in [0.717, 1.165) is 56.3 Å². The van der Waals surface area contributed by atoms with E-state index in [1.807, 2.05) is 47.4 Å². The fourth-order valence-corrected chi connectivity index (χ4v) is 3.13. The summed E-state index contributed by atoms with van der Waals surface area (Å²) in [6, 6.07) is 16.3. The second kappa shape index (κ2) is 7.44. The van der Waals surface area contributed by atoms with Gasteiger partial charge in [-0.25, -0.2) is 4.98 Å². The van der Waals surface area contributed by atoms with Crippen LogP contribution in [0.1, 0.15) is 0 Å². The Hall–Kier alpha value is -2.73. The Labute approximate surface area is 147 Å². The third-order valence-electron chi connectivity index (χ3n) is 4.60. The molecule has 1 aromatic carbocycles. The van der Waals surface area contributed by atoms with E-state index in [4.69, 9.17) is 0 Å². The molecule has 1 aliphatic heterocycles. The van der Waals surface area contributed by atoms with Crippen LogP contribution in [0.15, 0.2) is 60.9 Å². The van der Waals surface area contributed by atoms with E-state index < -0.39 is 0 Å². The summed E-state index contributed by atoms with van der Waals surface area (Å²) in [6.45, 7) is 6.00. The first-order valence-electron chi connectivity index (χ1n) is 8.72.